The lowest BCUT2D eigenvalue weighted by atomic mass is 9.73. The van der Waals surface area contributed by atoms with Crippen LogP contribution in [0.15, 0.2) is 11.4 Å². The quantitative estimate of drug-likeness (QED) is 0.723. The van der Waals surface area contributed by atoms with Gasteiger partial charge in [-0.25, -0.2) is 0 Å². The Morgan fingerprint density at radius 1 is 1.31 bits per heavy atom. The van der Waals surface area contributed by atoms with Crippen LogP contribution in [-0.2, 0) is 12.0 Å². The second-order valence-electron chi connectivity index (χ2n) is 5.79. The fourth-order valence-corrected chi connectivity index (χ4v) is 4.62. The minimum absolute atomic E-state index is 0.341. The summed E-state index contributed by atoms with van der Waals surface area (Å²) in [5.74, 6) is 0.924. The highest BCUT2D eigenvalue weighted by molar-refractivity contribution is 7.10. The maximum atomic E-state index is 3.90. The van der Waals surface area contributed by atoms with E-state index in [4.69, 9.17) is 0 Å². The van der Waals surface area contributed by atoms with Crippen LogP contribution in [0.2, 0.25) is 0 Å². The van der Waals surface area contributed by atoms with E-state index in [-0.39, 0.29) is 0 Å². The second-order valence-corrected chi connectivity index (χ2v) is 6.71. The summed E-state index contributed by atoms with van der Waals surface area (Å²) in [4.78, 5) is 1.65. The molecule has 1 aliphatic heterocycles. The first kappa shape index (κ1) is 10.8. The zero-order valence-electron chi connectivity index (χ0n) is 10.3. The van der Waals surface area contributed by atoms with Crippen LogP contribution in [0.25, 0.3) is 0 Å². The van der Waals surface area contributed by atoms with Crippen LogP contribution >= 0.6 is 11.3 Å². The lowest BCUT2D eigenvalue weighted by Crippen LogP contribution is -2.52. The summed E-state index contributed by atoms with van der Waals surface area (Å²) in [7, 11) is 0. The minimum Gasteiger partial charge on any atom is -0.304 e. The monoisotopic (exact) mass is 235 g/mol. The van der Waals surface area contributed by atoms with Crippen molar-refractivity contribution in [2.75, 3.05) is 0 Å². The molecule has 3 rings (SSSR count). The van der Waals surface area contributed by atoms with Crippen LogP contribution < -0.4 is 5.32 Å². The Morgan fingerprint density at radius 2 is 2.06 bits per heavy atom. The lowest BCUT2D eigenvalue weighted by molar-refractivity contribution is 0.172. The van der Waals surface area contributed by atoms with Gasteiger partial charge >= 0.3 is 0 Å². The van der Waals surface area contributed by atoms with Gasteiger partial charge in [0.25, 0.3) is 0 Å². The van der Waals surface area contributed by atoms with Crippen LogP contribution in [0.1, 0.15) is 50.0 Å². The van der Waals surface area contributed by atoms with Crippen LogP contribution in [0.3, 0.4) is 0 Å². The number of hydrogen-bond donors (Lipinski definition) is 1. The summed E-state index contributed by atoms with van der Waals surface area (Å²) in [6, 6.07) is 2.99. The normalized spacial score (nSPS) is 38.6. The van der Waals surface area contributed by atoms with Crippen molar-refractivity contribution in [2.45, 2.75) is 57.5 Å². The third-order valence-corrected chi connectivity index (χ3v) is 5.52. The molecular formula is C14H21NS. The van der Waals surface area contributed by atoms with Crippen molar-refractivity contribution in [3.05, 3.63) is 21.9 Å². The second kappa shape index (κ2) is 3.85. The molecule has 0 radical (unpaired) electrons. The van der Waals surface area contributed by atoms with Gasteiger partial charge in [0.05, 0.1) is 5.54 Å². The molecule has 2 heterocycles. The molecular weight excluding hydrogens is 214 g/mol. The molecule has 1 atom stereocenters. The molecule has 0 saturated heterocycles. The van der Waals surface area contributed by atoms with Crippen LogP contribution in [0.5, 0.6) is 0 Å². The van der Waals surface area contributed by atoms with E-state index in [1.54, 1.807) is 10.4 Å². The SMILES string of the molecule is CC1CCC2(CC1)NC(C)Cc1ccsc12. The predicted molar refractivity (Wildman–Crippen MR) is 69.9 cm³/mol. The van der Waals surface area contributed by atoms with Crippen molar-refractivity contribution in [3.8, 4) is 0 Å². The maximum absolute atomic E-state index is 3.90. The van der Waals surface area contributed by atoms with E-state index in [2.05, 4.69) is 30.6 Å². The Hall–Kier alpha value is -0.340. The van der Waals surface area contributed by atoms with Crippen molar-refractivity contribution < 1.29 is 0 Å². The van der Waals surface area contributed by atoms with E-state index in [0.717, 1.165) is 5.92 Å². The van der Waals surface area contributed by atoms with Gasteiger partial charge in [0.15, 0.2) is 0 Å². The Labute approximate surface area is 102 Å². The molecule has 0 aromatic carbocycles. The highest BCUT2D eigenvalue weighted by atomic mass is 32.1. The number of thiophene rings is 1. The van der Waals surface area contributed by atoms with Crippen LogP contribution in [-0.4, -0.2) is 6.04 Å². The highest BCUT2D eigenvalue weighted by Gasteiger charge is 2.41. The van der Waals surface area contributed by atoms with Crippen molar-refractivity contribution in [2.24, 2.45) is 5.92 Å². The largest absolute Gasteiger partial charge is 0.304 e. The third kappa shape index (κ3) is 1.63. The molecule has 16 heavy (non-hydrogen) atoms. The molecule has 0 amide bonds. The van der Waals surface area contributed by atoms with Crippen LogP contribution in [0, 0.1) is 5.92 Å². The first-order valence-corrected chi connectivity index (χ1v) is 7.42. The molecule has 1 aromatic rings. The predicted octanol–water partition coefficient (Wildman–Crippen LogP) is 3.69. The molecule has 1 aliphatic carbocycles. The molecule has 1 aromatic heterocycles. The van der Waals surface area contributed by atoms with Gasteiger partial charge in [-0.3, -0.25) is 0 Å². The van der Waals surface area contributed by atoms with Gasteiger partial charge in [0, 0.05) is 10.9 Å². The summed E-state index contributed by atoms with van der Waals surface area (Å²) in [5.41, 5.74) is 1.96. The molecule has 2 heteroatoms. The summed E-state index contributed by atoms with van der Waals surface area (Å²) in [6.45, 7) is 4.73. The van der Waals surface area contributed by atoms with Gasteiger partial charge in [-0.05, 0) is 62.0 Å². The van der Waals surface area contributed by atoms with E-state index in [1.807, 2.05) is 11.3 Å². The first-order valence-electron chi connectivity index (χ1n) is 6.54. The number of rotatable bonds is 0. The Bertz CT molecular complexity index is 374. The average Bonchev–Trinajstić information content (AvgIpc) is 2.71. The standard InChI is InChI=1S/C14H21NS/c1-10-3-6-14(7-4-10)13-12(5-8-16-13)9-11(2)15-14/h5,8,10-11,15H,3-4,6-7,9H2,1-2H3. The van der Waals surface area contributed by atoms with Crippen molar-refractivity contribution in [1.82, 2.24) is 5.32 Å². The summed E-state index contributed by atoms with van der Waals surface area (Å²) >= 11 is 1.97. The zero-order valence-corrected chi connectivity index (χ0v) is 11.1. The van der Waals surface area contributed by atoms with Gasteiger partial charge in [-0.15, -0.1) is 11.3 Å². The molecule has 2 aliphatic rings. The lowest BCUT2D eigenvalue weighted by Gasteiger charge is -2.45. The van der Waals surface area contributed by atoms with Crippen molar-refractivity contribution in [1.29, 1.82) is 0 Å². The van der Waals surface area contributed by atoms with Gasteiger partial charge < -0.3 is 5.32 Å². The summed E-state index contributed by atoms with van der Waals surface area (Å²) < 4.78 is 0. The average molecular weight is 235 g/mol. The molecule has 88 valence electrons. The van der Waals surface area contributed by atoms with Gasteiger partial charge in [-0.2, -0.15) is 0 Å². The van der Waals surface area contributed by atoms with E-state index >= 15 is 0 Å². The van der Waals surface area contributed by atoms with Crippen molar-refractivity contribution >= 4 is 11.3 Å². The van der Waals surface area contributed by atoms with E-state index in [0.29, 0.717) is 11.6 Å². The number of fused-ring (bicyclic) bond motifs is 2. The Morgan fingerprint density at radius 3 is 2.81 bits per heavy atom. The van der Waals surface area contributed by atoms with E-state index < -0.39 is 0 Å². The first-order chi connectivity index (χ1) is 7.70. The van der Waals surface area contributed by atoms with E-state index in [1.165, 1.54) is 32.1 Å². The van der Waals surface area contributed by atoms with Gasteiger partial charge in [0.1, 0.15) is 0 Å². The number of hydrogen-bond acceptors (Lipinski definition) is 2. The molecule has 0 bridgehead atoms. The third-order valence-electron chi connectivity index (χ3n) is 4.36. The number of nitrogens with one attached hydrogen (secondary N) is 1. The fourth-order valence-electron chi connectivity index (χ4n) is 3.46. The molecule has 1 fully saturated rings. The molecule has 1 saturated carbocycles. The smallest absolute Gasteiger partial charge is 0.0533 e. The fraction of sp³-hybridized carbons (Fsp3) is 0.714. The maximum Gasteiger partial charge on any atom is 0.0533 e. The molecule has 1 unspecified atom stereocenters. The molecule has 1 N–H and O–H groups in total. The summed E-state index contributed by atoms with van der Waals surface area (Å²) in [6.07, 6.45) is 6.67. The minimum atomic E-state index is 0.341. The highest BCUT2D eigenvalue weighted by Crippen LogP contribution is 2.45. The Balaban J connectivity index is 1.96. The molecule has 1 nitrogen and oxygen atoms in total. The summed E-state index contributed by atoms with van der Waals surface area (Å²) in [5, 5.41) is 6.19. The van der Waals surface area contributed by atoms with Gasteiger partial charge in [0.2, 0.25) is 0 Å². The topological polar surface area (TPSA) is 12.0 Å². The zero-order chi connectivity index (χ0) is 11.2. The van der Waals surface area contributed by atoms with Gasteiger partial charge in [-0.1, -0.05) is 6.92 Å². The van der Waals surface area contributed by atoms with Crippen molar-refractivity contribution in [3.63, 3.8) is 0 Å². The molecule has 1 spiro atoms. The van der Waals surface area contributed by atoms with E-state index in [9.17, 15) is 0 Å². The Kier molecular flexibility index (Phi) is 2.60. The van der Waals surface area contributed by atoms with Crippen LogP contribution in [0.4, 0.5) is 0 Å².